The molecule has 0 saturated heterocycles. The topological polar surface area (TPSA) is 50.8 Å². The first-order chi connectivity index (χ1) is 17.6. The van der Waals surface area contributed by atoms with Crippen LogP contribution in [-0.2, 0) is 10.3 Å². The van der Waals surface area contributed by atoms with Gasteiger partial charge in [-0.05, 0) is 50.2 Å². The van der Waals surface area contributed by atoms with Crippen LogP contribution in [0.4, 0.5) is 21.5 Å². The van der Waals surface area contributed by atoms with E-state index in [-0.39, 0.29) is 5.82 Å². The van der Waals surface area contributed by atoms with Crippen LogP contribution in [0.25, 0.3) is 0 Å². The van der Waals surface area contributed by atoms with Crippen LogP contribution in [0.2, 0.25) is 0 Å². The maximum Gasteiger partial charge on any atom is 0.342 e. The Labute approximate surface area is 209 Å². The number of anilines is 3. The molecule has 6 heteroatoms. The number of halogens is 1. The van der Waals surface area contributed by atoms with Gasteiger partial charge in [-0.25, -0.2) is 9.18 Å². The number of carbonyl (C=O) groups is 1. The molecule has 4 aromatic rings. The Hall–Kier alpha value is -4.32. The number of hydrogen-bond acceptors (Lipinski definition) is 5. The molecule has 2 heterocycles. The van der Waals surface area contributed by atoms with Crippen molar-refractivity contribution in [2.24, 2.45) is 0 Å². The van der Waals surface area contributed by atoms with Gasteiger partial charge in [0.25, 0.3) is 0 Å². The molecule has 2 aliphatic rings. The van der Waals surface area contributed by atoms with Crippen molar-refractivity contribution in [2.45, 2.75) is 19.4 Å². The number of rotatable bonds is 5. The Morgan fingerprint density at radius 1 is 0.806 bits per heavy atom. The van der Waals surface area contributed by atoms with Crippen molar-refractivity contribution in [1.29, 1.82) is 0 Å². The average Bonchev–Trinajstić information content (AvgIpc) is 3.21. The molecule has 0 aromatic heterocycles. The summed E-state index contributed by atoms with van der Waals surface area (Å²) in [4.78, 5) is 15.9. The van der Waals surface area contributed by atoms with Gasteiger partial charge < -0.3 is 19.7 Å². The predicted molar refractivity (Wildman–Crippen MR) is 138 cm³/mol. The summed E-state index contributed by atoms with van der Waals surface area (Å²) in [6.45, 7) is 5.55. The summed E-state index contributed by atoms with van der Waals surface area (Å²) in [5.74, 6) is 0.422. The Morgan fingerprint density at radius 3 is 2.06 bits per heavy atom. The van der Waals surface area contributed by atoms with Gasteiger partial charge >= 0.3 is 5.97 Å². The molecule has 36 heavy (non-hydrogen) atoms. The summed E-state index contributed by atoms with van der Waals surface area (Å²) >= 11 is 0. The molecule has 0 unspecified atom stereocenters. The molecule has 4 aromatic carbocycles. The van der Waals surface area contributed by atoms with Gasteiger partial charge in [-0.15, -0.1) is 0 Å². The van der Waals surface area contributed by atoms with E-state index in [2.05, 4.69) is 24.1 Å². The van der Waals surface area contributed by atoms with Crippen LogP contribution in [0.5, 0.6) is 11.5 Å². The molecular formula is C30H25FN2O3. The van der Waals surface area contributed by atoms with Crippen LogP contribution in [-0.4, -0.2) is 19.1 Å². The summed E-state index contributed by atoms with van der Waals surface area (Å²) in [5, 5.41) is 3.26. The molecule has 0 radical (unpaired) electrons. The number of nitrogens with one attached hydrogen (secondary N) is 1. The lowest BCUT2D eigenvalue weighted by atomic mass is 9.76. The summed E-state index contributed by atoms with van der Waals surface area (Å²) in [7, 11) is 0. The van der Waals surface area contributed by atoms with Crippen molar-refractivity contribution in [3.63, 3.8) is 0 Å². The Kier molecular flexibility index (Phi) is 5.18. The fourth-order valence-corrected chi connectivity index (χ4v) is 5.38. The minimum atomic E-state index is -1.26. The fourth-order valence-electron chi connectivity index (χ4n) is 5.38. The summed E-state index contributed by atoms with van der Waals surface area (Å²) in [5.41, 5.74) is 3.04. The van der Waals surface area contributed by atoms with Gasteiger partial charge in [-0.3, -0.25) is 0 Å². The number of para-hydroxylation sites is 3. The minimum absolute atomic E-state index is 0.318. The van der Waals surface area contributed by atoms with E-state index in [9.17, 15) is 9.18 Å². The van der Waals surface area contributed by atoms with Crippen molar-refractivity contribution in [3.8, 4) is 11.5 Å². The third-order valence-electron chi connectivity index (χ3n) is 6.99. The largest absolute Gasteiger partial charge is 0.456 e. The third-order valence-corrected chi connectivity index (χ3v) is 6.99. The van der Waals surface area contributed by atoms with E-state index in [1.165, 1.54) is 6.07 Å². The summed E-state index contributed by atoms with van der Waals surface area (Å²) in [6, 6.07) is 25.5. The quantitative estimate of drug-likeness (QED) is 0.312. The number of carbonyl (C=O) groups excluding carboxylic acids is 1. The molecule has 6 rings (SSSR count). The Morgan fingerprint density at radius 2 is 1.42 bits per heavy atom. The van der Waals surface area contributed by atoms with E-state index in [0.717, 1.165) is 29.9 Å². The number of fused-ring (bicyclic) bond motifs is 6. The predicted octanol–water partition coefficient (Wildman–Crippen LogP) is 6.98. The van der Waals surface area contributed by atoms with Gasteiger partial charge in [0.15, 0.2) is 5.60 Å². The van der Waals surface area contributed by atoms with Crippen LogP contribution in [0.1, 0.15) is 40.9 Å². The standard InChI is InChI=1S/C30H25FN2O3/c1-3-33(4-2)24-18-17-23(32-22-14-8-7-13-21(22)31)28-27(24)29(34)36-30(28)19-11-5-9-15-25(19)35-26-16-10-6-12-20(26)30/h5-18,32H,3-4H2,1-2H3. The molecule has 180 valence electrons. The maximum atomic E-state index is 14.7. The molecule has 0 amide bonds. The molecular weight excluding hydrogens is 455 g/mol. The zero-order chi connectivity index (χ0) is 24.9. The zero-order valence-corrected chi connectivity index (χ0v) is 20.0. The van der Waals surface area contributed by atoms with Crippen molar-refractivity contribution in [3.05, 3.63) is 113 Å². The van der Waals surface area contributed by atoms with Gasteiger partial charge in [-0.2, -0.15) is 0 Å². The monoisotopic (exact) mass is 480 g/mol. The van der Waals surface area contributed by atoms with Crippen LogP contribution in [0, 0.1) is 5.82 Å². The lowest BCUT2D eigenvalue weighted by molar-refractivity contribution is 0.0226. The van der Waals surface area contributed by atoms with Crippen molar-refractivity contribution in [2.75, 3.05) is 23.3 Å². The molecule has 1 N–H and O–H groups in total. The second kappa shape index (κ2) is 8.41. The zero-order valence-electron chi connectivity index (χ0n) is 20.0. The van der Waals surface area contributed by atoms with Gasteiger partial charge in [0.1, 0.15) is 17.3 Å². The lowest BCUT2D eigenvalue weighted by Gasteiger charge is -2.37. The van der Waals surface area contributed by atoms with E-state index < -0.39 is 11.6 Å². The molecule has 0 fully saturated rings. The Bertz CT molecular complexity index is 1450. The molecule has 1 spiro atoms. The molecule has 2 aliphatic heterocycles. The fraction of sp³-hybridized carbons (Fsp3) is 0.167. The number of esters is 1. The highest BCUT2D eigenvalue weighted by Crippen LogP contribution is 2.59. The first-order valence-electron chi connectivity index (χ1n) is 12.1. The van der Waals surface area contributed by atoms with Crippen LogP contribution < -0.4 is 15.0 Å². The molecule has 0 bridgehead atoms. The number of benzene rings is 4. The van der Waals surface area contributed by atoms with E-state index >= 15 is 0 Å². The van der Waals surface area contributed by atoms with Crippen molar-refractivity contribution >= 4 is 23.0 Å². The molecule has 0 saturated carbocycles. The lowest BCUT2D eigenvalue weighted by Crippen LogP contribution is -2.33. The summed E-state index contributed by atoms with van der Waals surface area (Å²) < 4.78 is 27.4. The van der Waals surface area contributed by atoms with E-state index in [0.29, 0.717) is 34.0 Å². The van der Waals surface area contributed by atoms with Crippen LogP contribution >= 0.6 is 0 Å². The van der Waals surface area contributed by atoms with Crippen LogP contribution in [0.15, 0.2) is 84.9 Å². The van der Waals surface area contributed by atoms with Gasteiger partial charge in [-0.1, -0.05) is 48.5 Å². The number of ether oxygens (including phenoxy) is 2. The highest BCUT2D eigenvalue weighted by Gasteiger charge is 2.55. The first-order valence-corrected chi connectivity index (χ1v) is 12.1. The second-order valence-corrected chi connectivity index (χ2v) is 8.82. The second-order valence-electron chi connectivity index (χ2n) is 8.82. The Balaban J connectivity index is 1.70. The smallest absolute Gasteiger partial charge is 0.342 e. The average molecular weight is 481 g/mol. The highest BCUT2D eigenvalue weighted by molar-refractivity contribution is 6.05. The van der Waals surface area contributed by atoms with Gasteiger partial charge in [0.2, 0.25) is 0 Å². The van der Waals surface area contributed by atoms with Crippen molar-refractivity contribution < 1.29 is 18.7 Å². The van der Waals surface area contributed by atoms with Crippen molar-refractivity contribution in [1.82, 2.24) is 0 Å². The first kappa shape index (κ1) is 22.2. The maximum absolute atomic E-state index is 14.7. The van der Waals surface area contributed by atoms with Gasteiger partial charge in [0, 0.05) is 35.5 Å². The highest BCUT2D eigenvalue weighted by atomic mass is 19.1. The van der Waals surface area contributed by atoms with Crippen LogP contribution in [0.3, 0.4) is 0 Å². The molecule has 5 nitrogen and oxygen atoms in total. The molecule has 0 aliphatic carbocycles. The van der Waals surface area contributed by atoms with E-state index in [1.54, 1.807) is 18.2 Å². The third kappa shape index (κ3) is 3.10. The minimum Gasteiger partial charge on any atom is -0.456 e. The van der Waals surface area contributed by atoms with E-state index in [1.807, 2.05) is 60.7 Å². The van der Waals surface area contributed by atoms with Gasteiger partial charge in [0.05, 0.1) is 16.9 Å². The normalized spacial score (nSPS) is 14.4. The SMILES string of the molecule is CCN(CC)c1ccc(Nc2ccccc2F)c2c1C(=O)OC21c2ccccc2Oc2ccccc21. The number of nitrogens with zero attached hydrogens (tertiary/aromatic N) is 1. The molecule has 0 atom stereocenters. The van der Waals surface area contributed by atoms with E-state index in [4.69, 9.17) is 9.47 Å². The number of hydrogen-bond donors (Lipinski definition) is 1. The summed E-state index contributed by atoms with van der Waals surface area (Å²) in [6.07, 6.45) is 0.